The molecule has 0 unspecified atom stereocenters. The highest BCUT2D eigenvalue weighted by Crippen LogP contribution is 2.21. The van der Waals surface area contributed by atoms with Gasteiger partial charge in [-0.05, 0) is 42.9 Å². The van der Waals surface area contributed by atoms with E-state index >= 15 is 0 Å². The van der Waals surface area contributed by atoms with Crippen LogP contribution in [0.4, 0.5) is 0 Å². The van der Waals surface area contributed by atoms with E-state index in [0.717, 1.165) is 18.4 Å². The maximum Gasteiger partial charge on any atom is 0.258 e. The van der Waals surface area contributed by atoms with Crippen LogP contribution in [0.25, 0.3) is 0 Å². The molecule has 2 rings (SSSR count). The zero-order chi connectivity index (χ0) is 18.4. The van der Waals surface area contributed by atoms with E-state index in [0.29, 0.717) is 25.3 Å². The summed E-state index contributed by atoms with van der Waals surface area (Å²) in [5, 5.41) is 3.01. The van der Waals surface area contributed by atoms with Gasteiger partial charge in [0.25, 0.3) is 5.91 Å². The van der Waals surface area contributed by atoms with Crippen molar-refractivity contribution < 1.29 is 14.3 Å². The lowest BCUT2D eigenvalue weighted by Gasteiger charge is -2.34. The average Bonchev–Trinajstić information content (AvgIpc) is 2.52. The third kappa shape index (κ3) is 6.77. The summed E-state index contributed by atoms with van der Waals surface area (Å²) in [6.45, 7) is 9.65. The number of likely N-dealkylation sites (tertiary alicyclic amines) is 1. The van der Waals surface area contributed by atoms with Gasteiger partial charge in [-0.15, -0.1) is 0 Å². The molecule has 0 aromatic heterocycles. The Morgan fingerprint density at radius 1 is 1.24 bits per heavy atom. The number of rotatable bonds is 5. The smallest absolute Gasteiger partial charge is 0.258 e. The maximum atomic E-state index is 12.2. The summed E-state index contributed by atoms with van der Waals surface area (Å²) in [7, 11) is 0. The normalized spacial score (nSPS) is 15.8. The van der Waals surface area contributed by atoms with E-state index < -0.39 is 0 Å². The average molecular weight is 346 g/mol. The van der Waals surface area contributed by atoms with Gasteiger partial charge < -0.3 is 15.0 Å². The van der Waals surface area contributed by atoms with Crippen molar-refractivity contribution in [3.05, 3.63) is 29.8 Å². The van der Waals surface area contributed by atoms with Crippen LogP contribution in [0, 0.1) is 12.3 Å². The molecule has 1 aromatic rings. The first-order chi connectivity index (χ1) is 11.7. The van der Waals surface area contributed by atoms with Crippen molar-refractivity contribution in [2.75, 3.05) is 19.7 Å². The molecule has 0 aliphatic carbocycles. The minimum atomic E-state index is -0.110. The molecular formula is C20H30N2O3. The van der Waals surface area contributed by atoms with E-state index in [-0.39, 0.29) is 29.9 Å². The van der Waals surface area contributed by atoms with Gasteiger partial charge in [0.2, 0.25) is 5.91 Å². The highest BCUT2D eigenvalue weighted by Gasteiger charge is 2.26. The fourth-order valence-corrected chi connectivity index (χ4v) is 2.96. The monoisotopic (exact) mass is 346 g/mol. The molecule has 1 saturated heterocycles. The van der Waals surface area contributed by atoms with Crippen LogP contribution in [0.5, 0.6) is 5.75 Å². The van der Waals surface area contributed by atoms with Gasteiger partial charge in [0.1, 0.15) is 5.75 Å². The van der Waals surface area contributed by atoms with Crippen LogP contribution >= 0.6 is 0 Å². The van der Waals surface area contributed by atoms with E-state index in [9.17, 15) is 9.59 Å². The van der Waals surface area contributed by atoms with E-state index in [2.05, 4.69) is 26.1 Å². The zero-order valence-electron chi connectivity index (χ0n) is 15.8. The van der Waals surface area contributed by atoms with Crippen LogP contribution in [0.2, 0.25) is 0 Å². The molecule has 0 bridgehead atoms. The molecule has 0 spiro atoms. The fraction of sp³-hybridized carbons (Fsp3) is 0.600. The number of hydrogen-bond acceptors (Lipinski definition) is 3. The fourth-order valence-electron chi connectivity index (χ4n) is 2.96. The molecule has 1 aromatic carbocycles. The van der Waals surface area contributed by atoms with Gasteiger partial charge in [-0.2, -0.15) is 0 Å². The van der Waals surface area contributed by atoms with Crippen molar-refractivity contribution in [1.29, 1.82) is 0 Å². The van der Waals surface area contributed by atoms with Crippen molar-refractivity contribution in [3.8, 4) is 5.75 Å². The number of carbonyl (C=O) groups is 2. The summed E-state index contributed by atoms with van der Waals surface area (Å²) in [5.41, 5.74) is 1.11. The Kier molecular flexibility index (Phi) is 6.45. The number of aryl methyl sites for hydroxylation is 1. The minimum absolute atomic E-state index is 0.00921. The molecule has 2 amide bonds. The van der Waals surface area contributed by atoms with E-state index in [4.69, 9.17) is 4.74 Å². The van der Waals surface area contributed by atoms with Gasteiger partial charge in [0.05, 0.1) is 0 Å². The van der Waals surface area contributed by atoms with Crippen LogP contribution in [-0.2, 0) is 9.59 Å². The number of nitrogens with one attached hydrogen (secondary N) is 1. The molecule has 0 saturated carbocycles. The topological polar surface area (TPSA) is 58.6 Å². The quantitative estimate of drug-likeness (QED) is 0.892. The number of piperidine rings is 1. The second-order valence-corrected chi connectivity index (χ2v) is 8.07. The molecule has 5 heteroatoms. The molecule has 1 N–H and O–H groups in total. The standard InChI is InChI=1S/C20H30N2O3/c1-15-6-5-7-17(12-15)25-14-18(23)21-16-8-10-22(11-9-16)19(24)13-20(2,3)4/h5-7,12,16H,8-11,13-14H2,1-4H3,(H,21,23). The van der Waals surface area contributed by atoms with E-state index in [1.165, 1.54) is 0 Å². The number of ether oxygens (including phenoxy) is 1. The molecule has 1 heterocycles. The molecule has 5 nitrogen and oxygen atoms in total. The van der Waals surface area contributed by atoms with Crippen molar-refractivity contribution in [2.24, 2.45) is 5.41 Å². The molecule has 0 atom stereocenters. The van der Waals surface area contributed by atoms with Crippen molar-refractivity contribution in [1.82, 2.24) is 10.2 Å². The number of carbonyl (C=O) groups excluding carboxylic acids is 2. The molecular weight excluding hydrogens is 316 g/mol. The highest BCUT2D eigenvalue weighted by atomic mass is 16.5. The SMILES string of the molecule is Cc1cccc(OCC(=O)NC2CCN(C(=O)CC(C)(C)C)CC2)c1. The van der Waals surface area contributed by atoms with Crippen LogP contribution in [-0.4, -0.2) is 42.5 Å². The lowest BCUT2D eigenvalue weighted by molar-refractivity contribution is -0.134. The summed E-state index contributed by atoms with van der Waals surface area (Å²) < 4.78 is 5.53. The van der Waals surface area contributed by atoms with Crippen molar-refractivity contribution >= 4 is 11.8 Å². The van der Waals surface area contributed by atoms with Crippen LogP contribution in [0.15, 0.2) is 24.3 Å². The molecule has 25 heavy (non-hydrogen) atoms. The summed E-state index contributed by atoms with van der Waals surface area (Å²) >= 11 is 0. The van der Waals surface area contributed by atoms with Gasteiger partial charge in [-0.25, -0.2) is 0 Å². The molecule has 0 radical (unpaired) electrons. The first kappa shape index (κ1) is 19.3. The Labute approximate surface area is 150 Å². The molecule has 138 valence electrons. The second kappa shape index (κ2) is 8.37. The largest absolute Gasteiger partial charge is 0.484 e. The summed E-state index contributed by atoms with van der Waals surface area (Å²) in [6.07, 6.45) is 2.16. The first-order valence-corrected chi connectivity index (χ1v) is 8.99. The Morgan fingerprint density at radius 2 is 1.92 bits per heavy atom. The predicted octanol–water partition coefficient (Wildman–Crippen LogP) is 2.92. The summed E-state index contributed by atoms with van der Waals surface area (Å²) in [5.74, 6) is 0.804. The zero-order valence-corrected chi connectivity index (χ0v) is 15.8. The molecule has 1 fully saturated rings. The first-order valence-electron chi connectivity index (χ1n) is 8.99. The minimum Gasteiger partial charge on any atom is -0.484 e. The lowest BCUT2D eigenvalue weighted by atomic mass is 9.91. The maximum absolute atomic E-state index is 12.2. The number of hydrogen-bond donors (Lipinski definition) is 1. The summed E-state index contributed by atoms with van der Waals surface area (Å²) in [4.78, 5) is 26.2. The van der Waals surface area contributed by atoms with Gasteiger partial charge in [0.15, 0.2) is 6.61 Å². The van der Waals surface area contributed by atoms with Gasteiger partial charge >= 0.3 is 0 Å². The Hall–Kier alpha value is -2.04. The van der Waals surface area contributed by atoms with Gasteiger partial charge in [0, 0.05) is 25.6 Å². The van der Waals surface area contributed by atoms with Crippen LogP contribution in [0.1, 0.15) is 45.6 Å². The highest BCUT2D eigenvalue weighted by molar-refractivity contribution is 5.78. The predicted molar refractivity (Wildman–Crippen MR) is 98.5 cm³/mol. The van der Waals surface area contributed by atoms with Gasteiger partial charge in [-0.1, -0.05) is 32.9 Å². The Morgan fingerprint density at radius 3 is 2.52 bits per heavy atom. The second-order valence-electron chi connectivity index (χ2n) is 8.07. The molecule has 1 aliphatic heterocycles. The van der Waals surface area contributed by atoms with Crippen molar-refractivity contribution in [3.63, 3.8) is 0 Å². The van der Waals surface area contributed by atoms with Crippen LogP contribution < -0.4 is 10.1 Å². The third-order valence-corrected chi connectivity index (χ3v) is 4.25. The van der Waals surface area contributed by atoms with Crippen LogP contribution in [0.3, 0.4) is 0 Å². The van der Waals surface area contributed by atoms with E-state index in [1.54, 1.807) is 0 Å². The number of amides is 2. The van der Waals surface area contributed by atoms with Crippen molar-refractivity contribution in [2.45, 2.75) is 53.0 Å². The number of nitrogens with zero attached hydrogens (tertiary/aromatic N) is 1. The number of benzene rings is 1. The Balaban J connectivity index is 1.70. The van der Waals surface area contributed by atoms with Gasteiger partial charge in [-0.3, -0.25) is 9.59 Å². The Bertz CT molecular complexity index is 599. The lowest BCUT2D eigenvalue weighted by Crippen LogP contribution is -2.48. The molecule has 1 aliphatic rings. The van der Waals surface area contributed by atoms with E-state index in [1.807, 2.05) is 36.1 Å². The third-order valence-electron chi connectivity index (χ3n) is 4.25. The summed E-state index contributed by atoms with van der Waals surface area (Å²) in [6, 6.07) is 7.77.